The fourth-order valence-electron chi connectivity index (χ4n) is 3.44. The van der Waals surface area contributed by atoms with Gasteiger partial charge in [-0.1, -0.05) is 0 Å². The Balaban J connectivity index is 1.65. The highest BCUT2D eigenvalue weighted by Crippen LogP contribution is 2.24. The van der Waals surface area contributed by atoms with Gasteiger partial charge in [0.05, 0.1) is 31.9 Å². The van der Waals surface area contributed by atoms with Crippen molar-refractivity contribution in [3.63, 3.8) is 0 Å². The number of nitrogens with one attached hydrogen (secondary N) is 2. The van der Waals surface area contributed by atoms with Gasteiger partial charge in [0, 0.05) is 32.8 Å². The molecule has 2 N–H and O–H groups in total. The van der Waals surface area contributed by atoms with Crippen molar-refractivity contribution >= 4 is 5.96 Å². The van der Waals surface area contributed by atoms with Crippen LogP contribution in [0.4, 0.5) is 0 Å². The Hall–Kier alpha value is -1.57. The van der Waals surface area contributed by atoms with Crippen LogP contribution in [0.25, 0.3) is 0 Å². The van der Waals surface area contributed by atoms with Crippen molar-refractivity contribution in [1.82, 2.24) is 15.5 Å². The molecule has 26 heavy (non-hydrogen) atoms. The maximum atomic E-state index is 5.92. The number of hydrogen-bond donors (Lipinski definition) is 2. The molecule has 1 aromatic heterocycles. The highest BCUT2D eigenvalue weighted by atomic mass is 16.5. The van der Waals surface area contributed by atoms with Crippen LogP contribution in [0.5, 0.6) is 0 Å². The van der Waals surface area contributed by atoms with E-state index in [4.69, 9.17) is 18.9 Å². The second kappa shape index (κ2) is 9.94. The molecule has 0 spiro atoms. The van der Waals surface area contributed by atoms with Crippen LogP contribution in [0.3, 0.4) is 0 Å². The quantitative estimate of drug-likeness (QED) is 0.567. The van der Waals surface area contributed by atoms with Gasteiger partial charge in [-0.2, -0.15) is 0 Å². The lowest BCUT2D eigenvalue weighted by molar-refractivity contribution is 0.0135. The second-order valence-electron chi connectivity index (χ2n) is 6.85. The highest BCUT2D eigenvalue weighted by Gasteiger charge is 2.25. The standard InChI is InChI=1S/C19H32N4O3/c1-3-20-19(21-13-16-5-4-10-25-16)22-14-17(18-7-6-15(2)26-18)23-8-11-24-12-9-23/h6-7,16-17H,3-5,8-14H2,1-2H3,(H2,20,21,22). The summed E-state index contributed by atoms with van der Waals surface area (Å²) in [5.41, 5.74) is 0. The van der Waals surface area contributed by atoms with Gasteiger partial charge in [0.25, 0.3) is 0 Å². The molecule has 2 unspecified atom stereocenters. The normalized spacial score (nSPS) is 23.2. The molecule has 7 heteroatoms. The Kier molecular flexibility index (Phi) is 7.34. The van der Waals surface area contributed by atoms with Crippen LogP contribution in [0.1, 0.15) is 37.3 Å². The molecule has 1 aromatic rings. The first-order valence-electron chi connectivity index (χ1n) is 9.78. The van der Waals surface area contributed by atoms with Crippen molar-refractivity contribution in [1.29, 1.82) is 0 Å². The Morgan fingerprint density at radius 1 is 1.27 bits per heavy atom. The number of morpholine rings is 1. The molecule has 0 amide bonds. The molecule has 2 atom stereocenters. The third-order valence-corrected chi connectivity index (χ3v) is 4.86. The topological polar surface area (TPSA) is 71.3 Å². The van der Waals surface area contributed by atoms with Crippen molar-refractivity contribution in [2.24, 2.45) is 4.99 Å². The molecule has 0 bridgehead atoms. The van der Waals surface area contributed by atoms with Crippen molar-refractivity contribution < 1.29 is 13.9 Å². The fraction of sp³-hybridized carbons (Fsp3) is 0.737. The molecule has 3 rings (SSSR count). The Morgan fingerprint density at radius 2 is 2.12 bits per heavy atom. The van der Waals surface area contributed by atoms with Gasteiger partial charge in [0.2, 0.25) is 0 Å². The van der Waals surface area contributed by atoms with Gasteiger partial charge >= 0.3 is 0 Å². The van der Waals surface area contributed by atoms with Crippen LogP contribution >= 0.6 is 0 Å². The minimum absolute atomic E-state index is 0.130. The van der Waals surface area contributed by atoms with Gasteiger partial charge in [-0.15, -0.1) is 0 Å². The number of ether oxygens (including phenoxy) is 2. The largest absolute Gasteiger partial charge is 0.465 e. The Bertz CT molecular complexity index is 563. The van der Waals surface area contributed by atoms with E-state index in [1.54, 1.807) is 0 Å². The first-order chi connectivity index (χ1) is 12.8. The number of furan rings is 1. The number of aliphatic imine (C=N–C) groups is 1. The minimum Gasteiger partial charge on any atom is -0.465 e. The molecular weight excluding hydrogens is 332 g/mol. The SMILES string of the molecule is CCNC(=NCC(c1ccc(C)o1)N1CCOCC1)NCC1CCCO1. The molecule has 146 valence electrons. The summed E-state index contributed by atoms with van der Waals surface area (Å²) in [6.07, 6.45) is 2.56. The third kappa shape index (κ3) is 5.46. The Morgan fingerprint density at radius 3 is 2.77 bits per heavy atom. The van der Waals surface area contributed by atoms with Crippen LogP contribution in [0, 0.1) is 6.92 Å². The molecule has 0 aliphatic carbocycles. The maximum absolute atomic E-state index is 5.92. The van der Waals surface area contributed by atoms with E-state index in [1.165, 1.54) is 0 Å². The molecule has 0 aromatic carbocycles. The van der Waals surface area contributed by atoms with Crippen LogP contribution in [-0.4, -0.2) is 69.5 Å². The van der Waals surface area contributed by atoms with E-state index in [9.17, 15) is 0 Å². The van der Waals surface area contributed by atoms with Crippen molar-refractivity contribution in [3.8, 4) is 0 Å². The molecule has 0 radical (unpaired) electrons. The van der Waals surface area contributed by atoms with E-state index < -0.39 is 0 Å². The molecule has 3 heterocycles. The number of hydrogen-bond acceptors (Lipinski definition) is 5. The van der Waals surface area contributed by atoms with E-state index >= 15 is 0 Å². The minimum atomic E-state index is 0.130. The van der Waals surface area contributed by atoms with Crippen LogP contribution in [-0.2, 0) is 9.47 Å². The van der Waals surface area contributed by atoms with Crippen LogP contribution < -0.4 is 10.6 Å². The van der Waals surface area contributed by atoms with Gasteiger partial charge in [-0.3, -0.25) is 9.89 Å². The third-order valence-electron chi connectivity index (χ3n) is 4.86. The Labute approximate surface area is 156 Å². The molecule has 2 aliphatic rings. The monoisotopic (exact) mass is 364 g/mol. The smallest absolute Gasteiger partial charge is 0.191 e. The van der Waals surface area contributed by atoms with Crippen LogP contribution in [0.15, 0.2) is 21.5 Å². The number of nitrogens with zero attached hydrogens (tertiary/aromatic N) is 2. The van der Waals surface area contributed by atoms with Crippen molar-refractivity contribution in [2.75, 3.05) is 52.5 Å². The summed E-state index contributed by atoms with van der Waals surface area (Å²) in [6.45, 7) is 10.5. The van der Waals surface area contributed by atoms with Crippen LogP contribution in [0.2, 0.25) is 0 Å². The summed E-state index contributed by atoms with van der Waals surface area (Å²) in [7, 11) is 0. The predicted octanol–water partition coefficient (Wildman–Crippen LogP) is 1.70. The average molecular weight is 364 g/mol. The molecule has 7 nitrogen and oxygen atoms in total. The number of rotatable bonds is 7. The number of aryl methyl sites for hydroxylation is 1. The lowest BCUT2D eigenvalue weighted by Gasteiger charge is -2.32. The van der Waals surface area contributed by atoms with Gasteiger partial charge in [0.15, 0.2) is 5.96 Å². The van der Waals surface area contributed by atoms with Gasteiger partial charge in [0.1, 0.15) is 11.5 Å². The summed E-state index contributed by atoms with van der Waals surface area (Å²) in [4.78, 5) is 7.23. The molecule has 2 fully saturated rings. The van der Waals surface area contributed by atoms with Gasteiger partial charge in [-0.25, -0.2) is 0 Å². The van der Waals surface area contributed by atoms with E-state index in [2.05, 4.69) is 28.5 Å². The zero-order valence-electron chi connectivity index (χ0n) is 16.0. The highest BCUT2D eigenvalue weighted by molar-refractivity contribution is 5.79. The van der Waals surface area contributed by atoms with E-state index in [0.29, 0.717) is 12.6 Å². The zero-order valence-corrected chi connectivity index (χ0v) is 16.0. The van der Waals surface area contributed by atoms with E-state index in [-0.39, 0.29) is 6.04 Å². The molecule has 2 aliphatic heterocycles. The molecular formula is C19H32N4O3. The molecule has 2 saturated heterocycles. The first kappa shape index (κ1) is 19.2. The van der Waals surface area contributed by atoms with Gasteiger partial charge in [-0.05, 0) is 38.8 Å². The van der Waals surface area contributed by atoms with Crippen molar-refractivity contribution in [3.05, 3.63) is 23.7 Å². The lowest BCUT2D eigenvalue weighted by atomic mass is 10.1. The van der Waals surface area contributed by atoms with Crippen molar-refractivity contribution in [2.45, 2.75) is 38.8 Å². The first-order valence-corrected chi connectivity index (χ1v) is 9.78. The number of guanidine groups is 1. The predicted molar refractivity (Wildman–Crippen MR) is 102 cm³/mol. The zero-order chi connectivity index (χ0) is 18.2. The fourth-order valence-corrected chi connectivity index (χ4v) is 3.44. The summed E-state index contributed by atoms with van der Waals surface area (Å²) >= 11 is 0. The summed E-state index contributed by atoms with van der Waals surface area (Å²) in [5.74, 6) is 2.75. The average Bonchev–Trinajstić information content (AvgIpc) is 3.32. The molecule has 0 saturated carbocycles. The second-order valence-corrected chi connectivity index (χ2v) is 6.85. The lowest BCUT2D eigenvalue weighted by Crippen LogP contribution is -2.43. The van der Waals surface area contributed by atoms with Gasteiger partial charge < -0.3 is 24.5 Å². The summed E-state index contributed by atoms with van der Waals surface area (Å²) < 4.78 is 17.1. The van der Waals surface area contributed by atoms with E-state index in [1.807, 2.05) is 13.0 Å². The summed E-state index contributed by atoms with van der Waals surface area (Å²) in [6, 6.07) is 4.22. The van der Waals surface area contributed by atoms with E-state index in [0.717, 1.165) is 76.3 Å². The summed E-state index contributed by atoms with van der Waals surface area (Å²) in [5, 5.41) is 6.75. The maximum Gasteiger partial charge on any atom is 0.191 e.